The summed E-state index contributed by atoms with van der Waals surface area (Å²) in [5.74, 6) is 0.981. The summed E-state index contributed by atoms with van der Waals surface area (Å²) >= 11 is 3.43. The number of aliphatic hydroxyl groups excluding tert-OH is 1. The number of rotatable bonds is 5. The number of hydrogen-bond donors (Lipinski definition) is 1. The van der Waals surface area contributed by atoms with Crippen molar-refractivity contribution in [2.75, 3.05) is 39.3 Å². The molecule has 1 aromatic carbocycles. The number of piperazine rings is 1. The number of aliphatic hydroxyl groups is 1. The van der Waals surface area contributed by atoms with E-state index >= 15 is 0 Å². The normalized spacial score (nSPS) is 22.9. The van der Waals surface area contributed by atoms with Gasteiger partial charge in [-0.1, -0.05) is 28.1 Å². The third-order valence-corrected chi connectivity index (χ3v) is 4.89. The zero-order chi connectivity index (χ0) is 13.9. The van der Waals surface area contributed by atoms with Gasteiger partial charge in [0.2, 0.25) is 0 Å². The minimum absolute atomic E-state index is 0.377. The smallest absolute Gasteiger partial charge is 0.0916 e. The molecule has 1 atom stereocenters. The second kappa shape index (κ2) is 6.56. The Morgan fingerprint density at radius 1 is 1.05 bits per heavy atom. The maximum atomic E-state index is 10.3. The highest BCUT2D eigenvalue weighted by molar-refractivity contribution is 9.10. The molecule has 0 radical (unpaired) electrons. The van der Waals surface area contributed by atoms with Crippen LogP contribution in [0.4, 0.5) is 0 Å². The highest BCUT2D eigenvalue weighted by atomic mass is 79.9. The molecule has 1 N–H and O–H groups in total. The lowest BCUT2D eigenvalue weighted by molar-refractivity contribution is 0.0710. The van der Waals surface area contributed by atoms with Gasteiger partial charge >= 0.3 is 0 Å². The molecule has 1 aromatic rings. The van der Waals surface area contributed by atoms with E-state index < -0.39 is 0 Å². The van der Waals surface area contributed by atoms with Crippen LogP contribution in [0.1, 0.15) is 24.5 Å². The van der Waals surface area contributed by atoms with Gasteiger partial charge in [0.15, 0.2) is 0 Å². The van der Waals surface area contributed by atoms with Crippen molar-refractivity contribution in [2.24, 2.45) is 5.92 Å². The maximum Gasteiger partial charge on any atom is 0.0916 e. The molecule has 0 aromatic heterocycles. The van der Waals surface area contributed by atoms with E-state index in [0.29, 0.717) is 0 Å². The molecule has 110 valence electrons. The zero-order valence-corrected chi connectivity index (χ0v) is 13.4. The molecular formula is C16H23BrN2O. The second-order valence-electron chi connectivity index (χ2n) is 6.11. The molecule has 3 rings (SSSR count). The molecule has 0 unspecified atom stereocenters. The lowest BCUT2D eigenvalue weighted by atomic mass is 10.1. The standard InChI is InChI=1S/C16H23BrN2O/c17-15-5-3-14(4-6-15)16(20)12-19-9-7-18(8-10-19)11-13-1-2-13/h3-6,13,16,20H,1-2,7-12H2/t16-/m0/s1. The van der Waals surface area contributed by atoms with Crippen molar-refractivity contribution in [1.82, 2.24) is 9.80 Å². The Balaban J connectivity index is 1.45. The molecule has 2 aliphatic rings. The monoisotopic (exact) mass is 338 g/mol. The van der Waals surface area contributed by atoms with E-state index in [2.05, 4.69) is 25.7 Å². The molecular weight excluding hydrogens is 316 g/mol. The number of hydrogen-bond acceptors (Lipinski definition) is 3. The minimum atomic E-state index is -0.377. The SMILES string of the molecule is O[C@@H](CN1CCN(CC2CC2)CC1)c1ccc(Br)cc1. The molecule has 0 spiro atoms. The third kappa shape index (κ3) is 4.04. The van der Waals surface area contributed by atoms with Crippen LogP contribution in [-0.2, 0) is 0 Å². The van der Waals surface area contributed by atoms with Gasteiger partial charge in [-0.05, 0) is 36.5 Å². The first-order valence-electron chi connectivity index (χ1n) is 7.59. The molecule has 4 heteroatoms. The molecule has 1 heterocycles. The molecule has 1 saturated heterocycles. The van der Waals surface area contributed by atoms with Gasteiger partial charge in [-0.15, -0.1) is 0 Å². The maximum absolute atomic E-state index is 10.3. The van der Waals surface area contributed by atoms with Gasteiger partial charge in [0.1, 0.15) is 0 Å². The Morgan fingerprint density at radius 3 is 2.25 bits per heavy atom. The predicted molar refractivity (Wildman–Crippen MR) is 84.7 cm³/mol. The highest BCUT2D eigenvalue weighted by Crippen LogP contribution is 2.30. The van der Waals surface area contributed by atoms with Crippen LogP contribution in [-0.4, -0.2) is 54.2 Å². The minimum Gasteiger partial charge on any atom is -0.387 e. The van der Waals surface area contributed by atoms with Gasteiger partial charge in [0.25, 0.3) is 0 Å². The van der Waals surface area contributed by atoms with E-state index in [9.17, 15) is 5.11 Å². The summed E-state index contributed by atoms with van der Waals surface area (Å²) in [6.07, 6.45) is 2.49. The Kier molecular flexibility index (Phi) is 4.76. The molecule has 0 amide bonds. The summed E-state index contributed by atoms with van der Waals surface area (Å²) in [6.45, 7) is 6.52. The summed E-state index contributed by atoms with van der Waals surface area (Å²) < 4.78 is 1.06. The van der Waals surface area contributed by atoms with Gasteiger partial charge in [0, 0.05) is 43.7 Å². The van der Waals surface area contributed by atoms with Gasteiger partial charge in [-0.3, -0.25) is 4.90 Å². The third-order valence-electron chi connectivity index (χ3n) is 4.36. The molecule has 0 bridgehead atoms. The fourth-order valence-electron chi connectivity index (χ4n) is 2.85. The van der Waals surface area contributed by atoms with Gasteiger partial charge in [0.05, 0.1) is 6.10 Å². The van der Waals surface area contributed by atoms with Crippen molar-refractivity contribution in [1.29, 1.82) is 0 Å². The lowest BCUT2D eigenvalue weighted by Gasteiger charge is -2.35. The van der Waals surface area contributed by atoms with E-state index in [4.69, 9.17) is 0 Å². The van der Waals surface area contributed by atoms with Crippen molar-refractivity contribution >= 4 is 15.9 Å². The molecule has 1 aliphatic carbocycles. The number of β-amino-alcohol motifs (C(OH)–C–C–N with tert-alkyl or cyclic N) is 1. The van der Waals surface area contributed by atoms with Crippen molar-refractivity contribution in [3.05, 3.63) is 34.3 Å². The van der Waals surface area contributed by atoms with E-state index in [1.807, 2.05) is 24.3 Å². The van der Waals surface area contributed by atoms with Crippen molar-refractivity contribution in [2.45, 2.75) is 18.9 Å². The van der Waals surface area contributed by atoms with Crippen LogP contribution in [0.15, 0.2) is 28.7 Å². The predicted octanol–water partition coefficient (Wildman–Crippen LogP) is 2.51. The van der Waals surface area contributed by atoms with Crippen LogP contribution in [0, 0.1) is 5.92 Å². The Labute approximate surface area is 129 Å². The second-order valence-corrected chi connectivity index (χ2v) is 7.03. The first-order chi connectivity index (χ1) is 9.70. The summed E-state index contributed by atoms with van der Waals surface area (Å²) in [5, 5.41) is 10.3. The van der Waals surface area contributed by atoms with Crippen molar-refractivity contribution in [3.8, 4) is 0 Å². The van der Waals surface area contributed by atoms with Gasteiger partial charge in [-0.25, -0.2) is 0 Å². The topological polar surface area (TPSA) is 26.7 Å². The molecule has 2 fully saturated rings. The zero-order valence-electron chi connectivity index (χ0n) is 11.8. The first-order valence-corrected chi connectivity index (χ1v) is 8.38. The average Bonchev–Trinajstić information content (AvgIpc) is 3.26. The van der Waals surface area contributed by atoms with Crippen LogP contribution in [0.3, 0.4) is 0 Å². The van der Waals surface area contributed by atoms with Gasteiger partial charge < -0.3 is 10.0 Å². The van der Waals surface area contributed by atoms with Gasteiger partial charge in [-0.2, -0.15) is 0 Å². The Bertz CT molecular complexity index is 425. The van der Waals surface area contributed by atoms with E-state index in [1.165, 1.54) is 19.4 Å². The molecule has 1 aliphatic heterocycles. The van der Waals surface area contributed by atoms with E-state index in [0.717, 1.165) is 48.7 Å². The van der Waals surface area contributed by atoms with E-state index in [-0.39, 0.29) is 6.10 Å². The molecule has 3 nitrogen and oxygen atoms in total. The fraction of sp³-hybridized carbons (Fsp3) is 0.625. The summed E-state index contributed by atoms with van der Waals surface area (Å²) in [7, 11) is 0. The highest BCUT2D eigenvalue weighted by Gasteiger charge is 2.26. The largest absolute Gasteiger partial charge is 0.387 e. The fourth-order valence-corrected chi connectivity index (χ4v) is 3.12. The summed E-state index contributed by atoms with van der Waals surface area (Å²) in [4.78, 5) is 4.97. The van der Waals surface area contributed by atoms with Crippen molar-refractivity contribution in [3.63, 3.8) is 0 Å². The van der Waals surface area contributed by atoms with E-state index in [1.54, 1.807) is 0 Å². The molecule has 1 saturated carbocycles. The lowest BCUT2D eigenvalue weighted by Crippen LogP contribution is -2.47. The number of benzene rings is 1. The van der Waals surface area contributed by atoms with Crippen LogP contribution in [0.5, 0.6) is 0 Å². The molecule has 20 heavy (non-hydrogen) atoms. The first kappa shape index (κ1) is 14.5. The number of nitrogens with zero attached hydrogens (tertiary/aromatic N) is 2. The summed E-state index contributed by atoms with van der Waals surface area (Å²) in [5.41, 5.74) is 1.01. The Morgan fingerprint density at radius 2 is 1.65 bits per heavy atom. The Hall–Kier alpha value is -0.420. The summed E-state index contributed by atoms with van der Waals surface area (Å²) in [6, 6.07) is 7.98. The van der Waals surface area contributed by atoms with Crippen LogP contribution in [0.25, 0.3) is 0 Å². The van der Waals surface area contributed by atoms with Crippen LogP contribution in [0.2, 0.25) is 0 Å². The van der Waals surface area contributed by atoms with Crippen molar-refractivity contribution < 1.29 is 5.11 Å². The van der Waals surface area contributed by atoms with Crippen LogP contribution < -0.4 is 0 Å². The number of halogens is 1. The quantitative estimate of drug-likeness (QED) is 0.893. The van der Waals surface area contributed by atoms with Crippen LogP contribution >= 0.6 is 15.9 Å². The average molecular weight is 339 g/mol.